The number of carbonyl (C=O) groups excluding carboxylic acids is 2. The van der Waals surface area contributed by atoms with Crippen LogP contribution in [-0.2, 0) is 14.3 Å². The Morgan fingerprint density at radius 3 is 1.50 bits per heavy atom. The lowest BCUT2D eigenvalue weighted by Gasteiger charge is -2.58. The van der Waals surface area contributed by atoms with Crippen molar-refractivity contribution in [1.29, 1.82) is 0 Å². The molecule has 6 nitrogen and oxygen atoms in total. The fourth-order valence-electron chi connectivity index (χ4n) is 9.47. The standard InChI is InChI=1S/C44H88N2O4/c1-20-38(12,13)30-36(50-32(8)48)43(19,24-5)41(17,22-3)29-35(49)39(14,15)40(16,21-2)28-34(46-31-47)44(25-6,26-7)42(18,23-4)27-33(45)37(9,10)11/h31,33-36,49H,20-30,45H2,1-19H3,(H,46,47). The molecule has 50 heavy (non-hydrogen) atoms. The Morgan fingerprint density at radius 1 is 0.680 bits per heavy atom. The van der Waals surface area contributed by atoms with Gasteiger partial charge in [0.15, 0.2) is 0 Å². The molecule has 0 aliphatic heterocycles. The van der Waals surface area contributed by atoms with Crippen LogP contribution >= 0.6 is 0 Å². The monoisotopic (exact) mass is 709 g/mol. The summed E-state index contributed by atoms with van der Waals surface area (Å²) in [5.41, 5.74) is 5.14. The Balaban J connectivity index is 7.14. The summed E-state index contributed by atoms with van der Waals surface area (Å²) < 4.78 is 6.21. The molecule has 0 saturated heterocycles. The summed E-state index contributed by atoms with van der Waals surface area (Å²) in [7, 11) is 0. The van der Waals surface area contributed by atoms with Crippen LogP contribution < -0.4 is 11.1 Å². The van der Waals surface area contributed by atoms with E-state index in [-0.39, 0.29) is 62.1 Å². The maximum Gasteiger partial charge on any atom is 0.302 e. The topological polar surface area (TPSA) is 102 Å². The molecule has 4 N–H and O–H groups in total. The molecule has 0 rings (SSSR count). The van der Waals surface area contributed by atoms with Crippen LogP contribution in [0.4, 0.5) is 0 Å². The molecular formula is C44H88N2O4. The largest absolute Gasteiger partial charge is 0.462 e. The van der Waals surface area contributed by atoms with Crippen molar-refractivity contribution in [3.05, 3.63) is 0 Å². The number of aliphatic hydroxyl groups is 1. The number of nitrogens with two attached hydrogens (primary N) is 1. The molecular weight excluding hydrogens is 620 g/mol. The predicted molar refractivity (Wildman–Crippen MR) is 215 cm³/mol. The van der Waals surface area contributed by atoms with Gasteiger partial charge in [0.25, 0.3) is 0 Å². The fourth-order valence-corrected chi connectivity index (χ4v) is 9.47. The zero-order valence-corrected chi connectivity index (χ0v) is 36.9. The molecule has 0 aromatic heterocycles. The number of esters is 1. The molecule has 0 aromatic rings. The van der Waals surface area contributed by atoms with Gasteiger partial charge >= 0.3 is 5.97 Å². The van der Waals surface area contributed by atoms with Crippen molar-refractivity contribution in [2.24, 2.45) is 49.1 Å². The second-order valence-corrected chi connectivity index (χ2v) is 19.9. The Morgan fingerprint density at radius 2 is 1.16 bits per heavy atom. The van der Waals surface area contributed by atoms with Crippen molar-refractivity contribution in [3.8, 4) is 0 Å². The smallest absolute Gasteiger partial charge is 0.302 e. The van der Waals surface area contributed by atoms with Gasteiger partial charge in [-0.3, -0.25) is 9.59 Å². The lowest BCUT2D eigenvalue weighted by Crippen LogP contribution is -2.59. The van der Waals surface area contributed by atoms with Crippen LogP contribution in [0.5, 0.6) is 0 Å². The highest BCUT2D eigenvalue weighted by molar-refractivity contribution is 5.66. The van der Waals surface area contributed by atoms with E-state index in [1.54, 1.807) is 0 Å². The van der Waals surface area contributed by atoms with E-state index >= 15 is 0 Å². The summed E-state index contributed by atoms with van der Waals surface area (Å²) in [6.45, 7) is 42.2. The van der Waals surface area contributed by atoms with Gasteiger partial charge in [0.1, 0.15) is 6.10 Å². The SMILES string of the molecule is CCC(C)(C)CC(OC(C)=O)C(C)(CC)C(C)(CC)CC(O)C(C)(C)C(C)(CC)CC(NC=O)C(CC)(CC)C(C)(CC)CC(N)C(C)(C)C. The van der Waals surface area contributed by atoms with Gasteiger partial charge in [0.05, 0.1) is 6.10 Å². The lowest BCUT2D eigenvalue weighted by atomic mass is 9.49. The van der Waals surface area contributed by atoms with Crippen LogP contribution in [0, 0.1) is 43.3 Å². The lowest BCUT2D eigenvalue weighted by molar-refractivity contribution is -0.172. The van der Waals surface area contributed by atoms with Gasteiger partial charge in [0.2, 0.25) is 6.41 Å². The Bertz CT molecular complexity index is 1050. The van der Waals surface area contributed by atoms with Gasteiger partial charge in [-0.2, -0.15) is 0 Å². The summed E-state index contributed by atoms with van der Waals surface area (Å²) in [6, 6.07) is -0.0671. The van der Waals surface area contributed by atoms with Crippen LogP contribution in [-0.4, -0.2) is 41.8 Å². The second kappa shape index (κ2) is 18.3. The molecule has 8 unspecified atom stereocenters. The van der Waals surface area contributed by atoms with Crippen LogP contribution in [0.25, 0.3) is 0 Å². The van der Waals surface area contributed by atoms with Crippen LogP contribution in [0.1, 0.15) is 202 Å². The predicted octanol–water partition coefficient (Wildman–Crippen LogP) is 11.3. The van der Waals surface area contributed by atoms with Crippen LogP contribution in [0.3, 0.4) is 0 Å². The number of aliphatic hydroxyl groups excluding tert-OH is 1. The summed E-state index contributed by atoms with van der Waals surface area (Å²) in [5, 5.41) is 16.0. The van der Waals surface area contributed by atoms with Gasteiger partial charge in [0, 0.05) is 24.4 Å². The number of carbonyl (C=O) groups is 2. The third-order valence-electron chi connectivity index (χ3n) is 16.0. The third-order valence-corrected chi connectivity index (χ3v) is 16.0. The molecule has 8 atom stereocenters. The second-order valence-electron chi connectivity index (χ2n) is 19.9. The maximum absolute atomic E-state index is 12.6. The van der Waals surface area contributed by atoms with Crippen molar-refractivity contribution >= 4 is 12.4 Å². The highest BCUT2D eigenvalue weighted by atomic mass is 16.5. The average molecular weight is 709 g/mol. The minimum absolute atomic E-state index is 0.0132. The summed E-state index contributed by atoms with van der Waals surface area (Å²) in [4.78, 5) is 25.0. The van der Waals surface area contributed by atoms with Crippen molar-refractivity contribution < 1.29 is 19.4 Å². The Hall–Kier alpha value is -1.14. The van der Waals surface area contributed by atoms with Crippen LogP contribution in [0.15, 0.2) is 0 Å². The van der Waals surface area contributed by atoms with Gasteiger partial charge in [-0.15, -0.1) is 0 Å². The van der Waals surface area contributed by atoms with Crippen molar-refractivity contribution in [2.75, 3.05) is 0 Å². The molecule has 0 fully saturated rings. The first-order chi connectivity index (χ1) is 22.6. The zero-order valence-electron chi connectivity index (χ0n) is 36.9. The number of nitrogens with one attached hydrogen (secondary N) is 1. The van der Waals surface area contributed by atoms with Gasteiger partial charge in [-0.05, 0) is 89.3 Å². The number of hydrogen-bond donors (Lipinski definition) is 3. The minimum atomic E-state index is -0.623. The Labute approximate surface area is 312 Å². The molecule has 0 heterocycles. The normalized spacial score (nSPS) is 20.7. The van der Waals surface area contributed by atoms with E-state index in [1.807, 2.05) is 0 Å². The van der Waals surface area contributed by atoms with E-state index < -0.39 is 11.5 Å². The summed E-state index contributed by atoms with van der Waals surface area (Å²) in [6.07, 6.45) is 9.36. The zero-order chi connectivity index (χ0) is 39.8. The first-order valence-electron chi connectivity index (χ1n) is 20.4. The highest BCUT2D eigenvalue weighted by Crippen LogP contribution is 2.60. The van der Waals surface area contributed by atoms with E-state index in [1.165, 1.54) is 6.92 Å². The molecule has 0 aromatic carbocycles. The van der Waals surface area contributed by atoms with Gasteiger partial charge < -0.3 is 20.9 Å². The average Bonchev–Trinajstić information content (AvgIpc) is 3.03. The van der Waals surface area contributed by atoms with Crippen molar-refractivity contribution in [3.63, 3.8) is 0 Å². The molecule has 0 radical (unpaired) electrons. The number of hydrogen-bond acceptors (Lipinski definition) is 5. The molecule has 298 valence electrons. The Kier molecular flexibility index (Phi) is 17.8. The number of amides is 1. The molecule has 0 aliphatic carbocycles. The summed E-state index contributed by atoms with van der Waals surface area (Å²) in [5.74, 6) is -0.244. The van der Waals surface area contributed by atoms with Gasteiger partial charge in [-0.25, -0.2) is 0 Å². The van der Waals surface area contributed by atoms with E-state index in [0.717, 1.165) is 70.6 Å². The number of ether oxygens (including phenoxy) is 1. The molecule has 6 heteroatoms. The fraction of sp³-hybridized carbons (Fsp3) is 0.955. The van der Waals surface area contributed by atoms with Crippen LogP contribution in [0.2, 0.25) is 0 Å². The first kappa shape index (κ1) is 48.9. The van der Waals surface area contributed by atoms with Crippen molar-refractivity contribution in [1.82, 2.24) is 5.32 Å². The first-order valence-corrected chi connectivity index (χ1v) is 20.4. The quantitative estimate of drug-likeness (QED) is 0.0684. The van der Waals surface area contributed by atoms with E-state index in [4.69, 9.17) is 10.5 Å². The molecule has 0 aliphatic rings. The molecule has 0 saturated carbocycles. The van der Waals surface area contributed by atoms with E-state index in [9.17, 15) is 14.7 Å². The highest BCUT2D eigenvalue weighted by Gasteiger charge is 2.57. The third kappa shape index (κ3) is 10.3. The van der Waals surface area contributed by atoms with E-state index in [0.29, 0.717) is 6.42 Å². The molecule has 0 bridgehead atoms. The van der Waals surface area contributed by atoms with Crippen molar-refractivity contribution in [2.45, 2.75) is 226 Å². The molecule has 0 spiro atoms. The summed E-state index contributed by atoms with van der Waals surface area (Å²) >= 11 is 0. The maximum atomic E-state index is 12.6. The van der Waals surface area contributed by atoms with Gasteiger partial charge in [-0.1, -0.05) is 144 Å². The number of rotatable bonds is 24. The minimum Gasteiger partial charge on any atom is -0.462 e. The van der Waals surface area contributed by atoms with E-state index in [2.05, 4.69) is 130 Å². The molecule has 1 amide bonds.